The van der Waals surface area contributed by atoms with Crippen molar-refractivity contribution >= 4 is 0 Å². The SMILES string of the molecule is CCc1cc(CNC2Cc3ccccc3C2)n(CC)n1. The molecular weight excluding hydrogens is 246 g/mol. The van der Waals surface area contributed by atoms with Gasteiger partial charge in [-0.25, -0.2) is 0 Å². The monoisotopic (exact) mass is 269 g/mol. The van der Waals surface area contributed by atoms with E-state index in [9.17, 15) is 0 Å². The lowest BCUT2D eigenvalue weighted by molar-refractivity contribution is 0.504. The topological polar surface area (TPSA) is 29.9 Å². The van der Waals surface area contributed by atoms with Crippen LogP contribution in [0.1, 0.15) is 36.4 Å². The molecule has 0 saturated carbocycles. The van der Waals surface area contributed by atoms with E-state index in [-0.39, 0.29) is 0 Å². The molecule has 0 spiro atoms. The van der Waals surface area contributed by atoms with Gasteiger partial charge < -0.3 is 5.32 Å². The van der Waals surface area contributed by atoms with Crippen molar-refractivity contribution in [3.05, 3.63) is 52.8 Å². The smallest absolute Gasteiger partial charge is 0.0625 e. The Balaban J connectivity index is 1.62. The number of fused-ring (bicyclic) bond motifs is 1. The average molecular weight is 269 g/mol. The van der Waals surface area contributed by atoms with Gasteiger partial charge in [0.2, 0.25) is 0 Å². The Labute approximate surface area is 121 Å². The number of benzene rings is 1. The molecule has 0 bridgehead atoms. The van der Waals surface area contributed by atoms with Crippen molar-refractivity contribution in [3.8, 4) is 0 Å². The Morgan fingerprint density at radius 2 is 1.90 bits per heavy atom. The first-order chi connectivity index (χ1) is 9.80. The summed E-state index contributed by atoms with van der Waals surface area (Å²) in [4.78, 5) is 0. The summed E-state index contributed by atoms with van der Waals surface area (Å²) < 4.78 is 2.12. The fourth-order valence-electron chi connectivity index (χ4n) is 3.06. The molecule has 0 aliphatic heterocycles. The molecular formula is C17H23N3. The molecule has 1 aromatic heterocycles. The largest absolute Gasteiger partial charge is 0.308 e. The molecule has 1 aromatic carbocycles. The molecule has 1 N–H and O–H groups in total. The molecule has 20 heavy (non-hydrogen) atoms. The fourth-order valence-corrected chi connectivity index (χ4v) is 3.06. The van der Waals surface area contributed by atoms with Gasteiger partial charge in [0.05, 0.1) is 11.4 Å². The molecule has 2 aromatic rings. The minimum atomic E-state index is 0.567. The normalized spacial score (nSPS) is 14.7. The first kappa shape index (κ1) is 13.4. The Kier molecular flexibility index (Phi) is 3.88. The Hall–Kier alpha value is -1.61. The predicted molar refractivity (Wildman–Crippen MR) is 81.8 cm³/mol. The average Bonchev–Trinajstić information content (AvgIpc) is 3.07. The summed E-state index contributed by atoms with van der Waals surface area (Å²) in [5.74, 6) is 0. The maximum atomic E-state index is 4.61. The van der Waals surface area contributed by atoms with E-state index in [0.717, 1.165) is 32.4 Å². The van der Waals surface area contributed by atoms with Gasteiger partial charge in [-0.3, -0.25) is 4.68 Å². The van der Waals surface area contributed by atoms with Crippen LogP contribution in [0.3, 0.4) is 0 Å². The lowest BCUT2D eigenvalue weighted by atomic mass is 10.1. The molecule has 1 heterocycles. The van der Waals surface area contributed by atoms with E-state index in [2.05, 4.69) is 59.3 Å². The number of aromatic nitrogens is 2. The van der Waals surface area contributed by atoms with Gasteiger partial charge in [0.25, 0.3) is 0 Å². The molecule has 1 aliphatic carbocycles. The quantitative estimate of drug-likeness (QED) is 0.904. The van der Waals surface area contributed by atoms with Crippen LogP contribution in [-0.4, -0.2) is 15.8 Å². The number of hydrogen-bond donors (Lipinski definition) is 1. The van der Waals surface area contributed by atoms with E-state index < -0.39 is 0 Å². The maximum absolute atomic E-state index is 4.61. The number of aryl methyl sites for hydroxylation is 2. The van der Waals surface area contributed by atoms with Crippen molar-refractivity contribution in [3.63, 3.8) is 0 Å². The summed E-state index contributed by atoms with van der Waals surface area (Å²) in [6, 6.07) is 11.6. The third kappa shape index (κ3) is 2.63. The van der Waals surface area contributed by atoms with Crippen molar-refractivity contribution in [1.82, 2.24) is 15.1 Å². The molecule has 106 valence electrons. The van der Waals surface area contributed by atoms with Crippen molar-refractivity contribution in [2.24, 2.45) is 0 Å². The maximum Gasteiger partial charge on any atom is 0.0625 e. The van der Waals surface area contributed by atoms with Crippen LogP contribution in [0, 0.1) is 0 Å². The highest BCUT2D eigenvalue weighted by atomic mass is 15.3. The molecule has 0 atom stereocenters. The molecule has 3 rings (SSSR count). The highest BCUT2D eigenvalue weighted by Crippen LogP contribution is 2.21. The van der Waals surface area contributed by atoms with Crippen LogP contribution in [0.15, 0.2) is 30.3 Å². The van der Waals surface area contributed by atoms with Gasteiger partial charge in [-0.1, -0.05) is 31.2 Å². The Morgan fingerprint density at radius 3 is 2.50 bits per heavy atom. The fraction of sp³-hybridized carbons (Fsp3) is 0.471. The zero-order chi connectivity index (χ0) is 13.9. The van der Waals surface area contributed by atoms with Crippen LogP contribution >= 0.6 is 0 Å². The number of rotatable bonds is 5. The van der Waals surface area contributed by atoms with Gasteiger partial charge in [0.15, 0.2) is 0 Å². The Morgan fingerprint density at radius 1 is 1.20 bits per heavy atom. The first-order valence-electron chi connectivity index (χ1n) is 7.66. The highest BCUT2D eigenvalue weighted by Gasteiger charge is 2.20. The zero-order valence-electron chi connectivity index (χ0n) is 12.4. The molecule has 0 unspecified atom stereocenters. The number of nitrogens with one attached hydrogen (secondary N) is 1. The lowest BCUT2D eigenvalue weighted by Crippen LogP contribution is -2.29. The molecule has 0 saturated heterocycles. The molecule has 3 nitrogen and oxygen atoms in total. The van der Waals surface area contributed by atoms with Crippen LogP contribution in [0.4, 0.5) is 0 Å². The molecule has 3 heteroatoms. The van der Waals surface area contributed by atoms with Gasteiger partial charge in [-0.2, -0.15) is 5.10 Å². The summed E-state index contributed by atoms with van der Waals surface area (Å²) in [5.41, 5.74) is 5.50. The summed E-state index contributed by atoms with van der Waals surface area (Å²) >= 11 is 0. The summed E-state index contributed by atoms with van der Waals surface area (Å²) in [7, 11) is 0. The number of nitrogens with zero attached hydrogens (tertiary/aromatic N) is 2. The Bertz CT molecular complexity index is 561. The predicted octanol–water partition coefficient (Wildman–Crippen LogP) is 2.72. The number of hydrogen-bond acceptors (Lipinski definition) is 2. The van der Waals surface area contributed by atoms with E-state index in [1.54, 1.807) is 0 Å². The molecule has 0 fully saturated rings. The minimum absolute atomic E-state index is 0.567. The molecule has 1 aliphatic rings. The van der Waals surface area contributed by atoms with Gasteiger partial charge in [-0.15, -0.1) is 0 Å². The van der Waals surface area contributed by atoms with E-state index >= 15 is 0 Å². The molecule has 0 radical (unpaired) electrons. The highest BCUT2D eigenvalue weighted by molar-refractivity contribution is 5.33. The van der Waals surface area contributed by atoms with E-state index in [0.29, 0.717) is 6.04 Å². The van der Waals surface area contributed by atoms with Crippen molar-refractivity contribution in [2.75, 3.05) is 0 Å². The van der Waals surface area contributed by atoms with Crippen molar-refractivity contribution < 1.29 is 0 Å². The van der Waals surface area contributed by atoms with Crippen LogP contribution in [-0.2, 0) is 32.4 Å². The van der Waals surface area contributed by atoms with Crippen LogP contribution < -0.4 is 5.32 Å². The third-order valence-electron chi connectivity index (χ3n) is 4.20. The second-order valence-corrected chi connectivity index (χ2v) is 5.55. The first-order valence-corrected chi connectivity index (χ1v) is 7.66. The van der Waals surface area contributed by atoms with Gasteiger partial charge in [0.1, 0.15) is 0 Å². The van der Waals surface area contributed by atoms with Crippen LogP contribution in [0.2, 0.25) is 0 Å². The van der Waals surface area contributed by atoms with Crippen LogP contribution in [0.25, 0.3) is 0 Å². The van der Waals surface area contributed by atoms with E-state index in [1.807, 2.05) is 0 Å². The molecule has 0 amide bonds. The summed E-state index contributed by atoms with van der Waals surface area (Å²) in [6.07, 6.45) is 3.31. The van der Waals surface area contributed by atoms with Crippen molar-refractivity contribution in [1.29, 1.82) is 0 Å². The summed E-state index contributed by atoms with van der Waals surface area (Å²) in [6.45, 7) is 6.18. The van der Waals surface area contributed by atoms with Gasteiger partial charge in [0, 0.05) is 19.1 Å². The minimum Gasteiger partial charge on any atom is -0.308 e. The summed E-state index contributed by atoms with van der Waals surface area (Å²) in [5, 5.41) is 8.30. The van der Waals surface area contributed by atoms with Gasteiger partial charge >= 0.3 is 0 Å². The van der Waals surface area contributed by atoms with Crippen LogP contribution in [0.5, 0.6) is 0 Å². The van der Waals surface area contributed by atoms with E-state index in [1.165, 1.54) is 22.5 Å². The third-order valence-corrected chi connectivity index (χ3v) is 4.20. The zero-order valence-corrected chi connectivity index (χ0v) is 12.4. The van der Waals surface area contributed by atoms with E-state index in [4.69, 9.17) is 0 Å². The second-order valence-electron chi connectivity index (χ2n) is 5.55. The standard InChI is InChI=1S/C17H23N3/c1-3-15-11-17(20(4-2)19-15)12-18-16-9-13-7-5-6-8-14(13)10-16/h5-8,11,16,18H,3-4,9-10,12H2,1-2H3. The second kappa shape index (κ2) is 5.80. The lowest BCUT2D eigenvalue weighted by Gasteiger charge is -2.12. The van der Waals surface area contributed by atoms with Gasteiger partial charge in [-0.05, 0) is 43.4 Å². The van der Waals surface area contributed by atoms with Crippen molar-refractivity contribution in [2.45, 2.75) is 52.2 Å².